The molecule has 2 aromatic carbocycles. The van der Waals surface area contributed by atoms with Crippen LogP contribution in [-0.2, 0) is 9.84 Å². The van der Waals surface area contributed by atoms with Crippen LogP contribution in [0.5, 0.6) is 11.5 Å². The highest BCUT2D eigenvalue weighted by Gasteiger charge is 2.25. The number of rotatable bonds is 2. The maximum atomic E-state index is 12.4. The molecule has 0 fully saturated rings. The van der Waals surface area contributed by atoms with Crippen molar-refractivity contribution in [3.05, 3.63) is 47.5 Å². The minimum atomic E-state index is -3.94. The molecule has 0 unspecified atom stereocenters. The zero-order chi connectivity index (χ0) is 14.2. The molecule has 2 rings (SSSR count). The van der Waals surface area contributed by atoms with E-state index in [2.05, 4.69) is 0 Å². The Morgan fingerprint density at radius 1 is 0.895 bits per heavy atom. The Hall–Kier alpha value is -2.01. The van der Waals surface area contributed by atoms with Gasteiger partial charge in [-0.15, -0.1) is 0 Å². The lowest BCUT2D eigenvalue weighted by Gasteiger charge is -2.10. The largest absolute Gasteiger partial charge is 0.506 e. The highest BCUT2D eigenvalue weighted by atomic mass is 32.2. The van der Waals surface area contributed by atoms with Crippen LogP contribution < -0.4 is 0 Å². The van der Waals surface area contributed by atoms with Crippen LogP contribution in [0.4, 0.5) is 0 Å². The molecule has 0 radical (unpaired) electrons. The first-order chi connectivity index (χ1) is 8.82. The van der Waals surface area contributed by atoms with E-state index in [0.717, 1.165) is 5.56 Å². The first-order valence-electron chi connectivity index (χ1n) is 5.66. The van der Waals surface area contributed by atoms with Crippen LogP contribution in [0.3, 0.4) is 0 Å². The average Bonchev–Trinajstić information content (AvgIpc) is 2.26. The van der Waals surface area contributed by atoms with Crippen molar-refractivity contribution < 1.29 is 18.6 Å². The number of hydrogen-bond donors (Lipinski definition) is 2. The van der Waals surface area contributed by atoms with Gasteiger partial charge < -0.3 is 10.2 Å². The maximum Gasteiger partial charge on any atom is 0.213 e. The Balaban J connectivity index is 2.71. The predicted molar refractivity (Wildman–Crippen MR) is 71.1 cm³/mol. The average molecular weight is 278 g/mol. The normalized spacial score (nSPS) is 11.5. The number of phenols is 2. The van der Waals surface area contributed by atoms with Crippen LogP contribution in [0.15, 0.2) is 46.2 Å². The van der Waals surface area contributed by atoms with Gasteiger partial charge >= 0.3 is 0 Å². The molecule has 0 atom stereocenters. The Morgan fingerprint density at radius 3 is 2.00 bits per heavy atom. The van der Waals surface area contributed by atoms with Gasteiger partial charge in [-0.1, -0.05) is 12.1 Å². The quantitative estimate of drug-likeness (QED) is 0.885. The van der Waals surface area contributed by atoms with Crippen LogP contribution in [-0.4, -0.2) is 18.6 Å². The molecular weight excluding hydrogens is 264 g/mol. The third-order valence-electron chi connectivity index (χ3n) is 2.76. The molecule has 0 saturated heterocycles. The fourth-order valence-corrected chi connectivity index (χ4v) is 3.41. The molecule has 5 heteroatoms. The van der Waals surface area contributed by atoms with Crippen molar-refractivity contribution in [2.24, 2.45) is 0 Å². The Labute approximate surface area is 111 Å². The van der Waals surface area contributed by atoms with E-state index >= 15 is 0 Å². The molecule has 0 spiro atoms. The molecule has 0 amide bonds. The van der Waals surface area contributed by atoms with Crippen molar-refractivity contribution in [3.63, 3.8) is 0 Å². The van der Waals surface area contributed by atoms with E-state index in [1.165, 1.54) is 24.3 Å². The zero-order valence-electron chi connectivity index (χ0n) is 10.6. The number of sulfone groups is 1. The first-order valence-corrected chi connectivity index (χ1v) is 7.15. The number of hydrogen-bond acceptors (Lipinski definition) is 4. The Kier molecular flexibility index (Phi) is 3.24. The second-order valence-electron chi connectivity index (χ2n) is 4.45. The van der Waals surface area contributed by atoms with E-state index in [-0.39, 0.29) is 4.90 Å². The molecule has 4 nitrogen and oxygen atoms in total. The van der Waals surface area contributed by atoms with Crippen LogP contribution in [0.25, 0.3) is 0 Å². The summed E-state index contributed by atoms with van der Waals surface area (Å²) < 4.78 is 24.8. The Morgan fingerprint density at radius 2 is 1.47 bits per heavy atom. The van der Waals surface area contributed by atoms with Gasteiger partial charge in [-0.05, 0) is 49.2 Å². The van der Waals surface area contributed by atoms with Crippen LogP contribution in [0.2, 0.25) is 0 Å². The van der Waals surface area contributed by atoms with E-state index in [9.17, 15) is 18.6 Å². The van der Waals surface area contributed by atoms with Gasteiger partial charge in [0.05, 0.1) is 4.90 Å². The second kappa shape index (κ2) is 4.59. The minimum absolute atomic E-state index is 0.0435. The van der Waals surface area contributed by atoms with E-state index in [1.54, 1.807) is 26.0 Å². The van der Waals surface area contributed by atoms with Crippen molar-refractivity contribution in [3.8, 4) is 11.5 Å². The molecule has 19 heavy (non-hydrogen) atoms. The molecular formula is C14H14O4S. The molecule has 2 N–H and O–H groups in total. The van der Waals surface area contributed by atoms with Crippen LogP contribution >= 0.6 is 0 Å². The highest BCUT2D eigenvalue weighted by molar-refractivity contribution is 7.91. The number of benzene rings is 2. The van der Waals surface area contributed by atoms with E-state index in [1.807, 2.05) is 0 Å². The van der Waals surface area contributed by atoms with Crippen molar-refractivity contribution in [2.75, 3.05) is 0 Å². The highest BCUT2D eigenvalue weighted by Crippen LogP contribution is 2.36. The van der Waals surface area contributed by atoms with Crippen molar-refractivity contribution in [1.29, 1.82) is 0 Å². The van der Waals surface area contributed by atoms with Crippen LogP contribution in [0.1, 0.15) is 11.1 Å². The summed E-state index contributed by atoms with van der Waals surface area (Å²) in [6, 6.07) is 8.93. The summed E-state index contributed by atoms with van der Waals surface area (Å²) >= 11 is 0. The lowest BCUT2D eigenvalue weighted by atomic mass is 10.2. The summed E-state index contributed by atoms with van der Waals surface area (Å²) in [5.41, 5.74) is 1.37. The smallest absolute Gasteiger partial charge is 0.213 e. The van der Waals surface area contributed by atoms with E-state index in [0.29, 0.717) is 5.56 Å². The lowest BCUT2D eigenvalue weighted by Crippen LogP contribution is -2.03. The molecule has 0 aromatic heterocycles. The van der Waals surface area contributed by atoms with Gasteiger partial charge in [0.15, 0.2) is 4.90 Å². The fourth-order valence-electron chi connectivity index (χ4n) is 1.91. The van der Waals surface area contributed by atoms with Crippen molar-refractivity contribution in [2.45, 2.75) is 23.6 Å². The topological polar surface area (TPSA) is 74.6 Å². The molecule has 0 aliphatic heterocycles. The lowest BCUT2D eigenvalue weighted by molar-refractivity contribution is 0.422. The maximum absolute atomic E-state index is 12.4. The predicted octanol–water partition coefficient (Wildman–Crippen LogP) is 2.55. The van der Waals surface area contributed by atoms with E-state index < -0.39 is 26.2 Å². The molecule has 100 valence electrons. The summed E-state index contributed by atoms with van der Waals surface area (Å²) in [6.45, 7) is 3.43. The molecule has 0 saturated carbocycles. The van der Waals surface area contributed by atoms with Crippen LogP contribution in [0, 0.1) is 13.8 Å². The molecule has 0 aliphatic rings. The van der Waals surface area contributed by atoms with Gasteiger partial charge in [-0.3, -0.25) is 0 Å². The monoisotopic (exact) mass is 278 g/mol. The Bertz CT molecular complexity index is 710. The first kappa shape index (κ1) is 13.4. The number of aryl methyl sites for hydroxylation is 2. The fraction of sp³-hybridized carbons (Fsp3) is 0.143. The SMILES string of the molecule is Cc1cccc(S(=O)(=O)c2c(O)cc(C)cc2O)c1. The van der Waals surface area contributed by atoms with Gasteiger partial charge in [-0.25, -0.2) is 8.42 Å². The molecule has 2 aromatic rings. The van der Waals surface area contributed by atoms with Gasteiger partial charge in [0.25, 0.3) is 0 Å². The van der Waals surface area contributed by atoms with Crippen molar-refractivity contribution in [1.82, 2.24) is 0 Å². The van der Waals surface area contributed by atoms with E-state index in [4.69, 9.17) is 0 Å². The van der Waals surface area contributed by atoms with Gasteiger partial charge in [0.2, 0.25) is 9.84 Å². The summed E-state index contributed by atoms with van der Waals surface area (Å²) in [5, 5.41) is 19.6. The number of phenolic OH excluding ortho intramolecular Hbond substituents is 2. The van der Waals surface area contributed by atoms with Gasteiger partial charge in [-0.2, -0.15) is 0 Å². The van der Waals surface area contributed by atoms with Gasteiger partial charge in [0.1, 0.15) is 11.5 Å². The second-order valence-corrected chi connectivity index (χ2v) is 6.34. The molecule has 0 bridgehead atoms. The van der Waals surface area contributed by atoms with Crippen molar-refractivity contribution >= 4 is 9.84 Å². The molecule has 0 heterocycles. The zero-order valence-corrected chi connectivity index (χ0v) is 11.4. The summed E-state index contributed by atoms with van der Waals surface area (Å²) in [4.78, 5) is -0.411. The minimum Gasteiger partial charge on any atom is -0.506 e. The third-order valence-corrected chi connectivity index (χ3v) is 4.59. The summed E-state index contributed by atoms with van der Waals surface area (Å²) in [7, 11) is -3.94. The summed E-state index contributed by atoms with van der Waals surface area (Å²) in [6.07, 6.45) is 0. The third kappa shape index (κ3) is 2.42. The van der Waals surface area contributed by atoms with Gasteiger partial charge in [0, 0.05) is 0 Å². The standard InChI is InChI=1S/C14H14O4S/c1-9-4-3-5-11(6-9)19(17,18)14-12(15)7-10(2)8-13(14)16/h3-8,15-16H,1-2H3. The summed E-state index contributed by atoms with van der Waals surface area (Å²) in [5.74, 6) is -0.891. The molecule has 0 aliphatic carbocycles. The number of aromatic hydroxyl groups is 2.